The molecule has 0 spiro atoms. The van der Waals surface area contributed by atoms with E-state index in [0.717, 1.165) is 17.7 Å². The van der Waals surface area contributed by atoms with Gasteiger partial charge in [-0.25, -0.2) is 8.78 Å². The van der Waals surface area contributed by atoms with Crippen LogP contribution in [0, 0.1) is 11.6 Å². The highest BCUT2D eigenvalue weighted by molar-refractivity contribution is 8.00. The Morgan fingerprint density at radius 3 is 2.62 bits per heavy atom. The average Bonchev–Trinajstić information content (AvgIpc) is 3.36. The zero-order chi connectivity index (χ0) is 20.4. The Morgan fingerprint density at radius 2 is 1.93 bits per heavy atom. The summed E-state index contributed by atoms with van der Waals surface area (Å²) in [6, 6.07) is 13.6. The molecule has 1 aliphatic rings. The molecule has 2 aromatic carbocycles. The van der Waals surface area contributed by atoms with Crippen LogP contribution in [0.2, 0.25) is 0 Å². The topological polar surface area (TPSA) is 62.6 Å². The van der Waals surface area contributed by atoms with Crippen LogP contribution in [0.3, 0.4) is 0 Å². The number of benzene rings is 2. The van der Waals surface area contributed by atoms with Gasteiger partial charge in [0.1, 0.15) is 11.1 Å². The summed E-state index contributed by atoms with van der Waals surface area (Å²) in [6.45, 7) is 0.377. The maximum atomic E-state index is 13.3. The molecular formula is C21H16F2N2O3S. The molecule has 1 saturated heterocycles. The van der Waals surface area contributed by atoms with E-state index in [2.05, 4.69) is 5.32 Å². The second-order valence-electron chi connectivity index (χ2n) is 6.47. The number of anilines is 1. The van der Waals surface area contributed by atoms with Crippen LogP contribution in [0.15, 0.2) is 65.3 Å². The quantitative estimate of drug-likeness (QED) is 0.664. The van der Waals surface area contributed by atoms with Crippen molar-refractivity contribution in [3.8, 4) is 0 Å². The number of nitrogens with one attached hydrogen (secondary N) is 1. The molecule has 1 aliphatic heterocycles. The molecule has 2 heterocycles. The number of thioether (sulfide) groups is 1. The molecular weight excluding hydrogens is 398 g/mol. The molecule has 4 rings (SSSR count). The molecule has 8 heteroatoms. The summed E-state index contributed by atoms with van der Waals surface area (Å²) in [6.07, 6.45) is 1.57. The SMILES string of the molecule is O=C(Nc1ccc(F)c(F)c1)c1ccc([C@H]2SCC(=O)N2Cc2ccco2)cc1. The van der Waals surface area contributed by atoms with E-state index >= 15 is 0 Å². The first kappa shape index (κ1) is 19.2. The van der Waals surface area contributed by atoms with Gasteiger partial charge in [0.05, 0.1) is 18.6 Å². The number of hydrogen-bond donors (Lipinski definition) is 1. The second kappa shape index (κ2) is 8.08. The lowest BCUT2D eigenvalue weighted by Gasteiger charge is -2.23. The fourth-order valence-corrected chi connectivity index (χ4v) is 4.24. The van der Waals surface area contributed by atoms with Crippen LogP contribution in [0.5, 0.6) is 0 Å². The maximum absolute atomic E-state index is 13.3. The predicted octanol–water partition coefficient (Wildman–Crippen LogP) is 4.58. The smallest absolute Gasteiger partial charge is 0.255 e. The van der Waals surface area contributed by atoms with E-state index in [1.807, 2.05) is 6.07 Å². The third kappa shape index (κ3) is 4.17. The molecule has 1 N–H and O–H groups in total. The van der Waals surface area contributed by atoms with Gasteiger partial charge < -0.3 is 14.6 Å². The van der Waals surface area contributed by atoms with E-state index < -0.39 is 17.5 Å². The van der Waals surface area contributed by atoms with Gasteiger partial charge in [-0.05, 0) is 42.0 Å². The first-order valence-electron chi connectivity index (χ1n) is 8.81. The predicted molar refractivity (Wildman–Crippen MR) is 105 cm³/mol. The Morgan fingerprint density at radius 1 is 1.14 bits per heavy atom. The molecule has 0 bridgehead atoms. The first-order valence-corrected chi connectivity index (χ1v) is 9.86. The van der Waals surface area contributed by atoms with Crippen molar-refractivity contribution in [3.63, 3.8) is 0 Å². The lowest BCUT2D eigenvalue weighted by Crippen LogP contribution is -2.27. The minimum atomic E-state index is -1.03. The number of nitrogens with zero attached hydrogens (tertiary/aromatic N) is 1. The largest absolute Gasteiger partial charge is 0.467 e. The molecule has 1 atom stereocenters. The summed E-state index contributed by atoms with van der Waals surface area (Å²) in [7, 11) is 0. The fraction of sp³-hybridized carbons (Fsp3) is 0.143. The average molecular weight is 414 g/mol. The van der Waals surface area contributed by atoms with Crippen LogP contribution < -0.4 is 5.32 Å². The van der Waals surface area contributed by atoms with Crippen molar-refractivity contribution in [2.45, 2.75) is 11.9 Å². The second-order valence-corrected chi connectivity index (χ2v) is 7.54. The van der Waals surface area contributed by atoms with E-state index in [1.165, 1.54) is 17.8 Å². The van der Waals surface area contributed by atoms with Crippen molar-refractivity contribution in [2.75, 3.05) is 11.1 Å². The van der Waals surface area contributed by atoms with E-state index in [4.69, 9.17) is 4.42 Å². The molecule has 0 unspecified atom stereocenters. The number of rotatable bonds is 5. The third-order valence-corrected chi connectivity index (χ3v) is 5.77. The summed E-state index contributed by atoms with van der Waals surface area (Å²) < 4.78 is 31.6. The van der Waals surface area contributed by atoms with Crippen LogP contribution >= 0.6 is 11.8 Å². The van der Waals surface area contributed by atoms with Crippen molar-refractivity contribution in [1.82, 2.24) is 4.90 Å². The molecule has 3 aromatic rings. The summed E-state index contributed by atoms with van der Waals surface area (Å²) in [5, 5.41) is 2.36. The minimum Gasteiger partial charge on any atom is -0.467 e. The van der Waals surface area contributed by atoms with Crippen molar-refractivity contribution >= 4 is 29.3 Å². The Balaban J connectivity index is 1.47. The van der Waals surface area contributed by atoms with Crippen molar-refractivity contribution < 1.29 is 22.8 Å². The highest BCUT2D eigenvalue weighted by Crippen LogP contribution is 2.39. The number of amides is 2. The standard InChI is InChI=1S/C21H16F2N2O3S/c22-17-8-7-15(10-18(17)23)24-20(27)13-3-5-14(6-4-13)21-25(19(26)12-29-21)11-16-2-1-9-28-16/h1-10,21H,11-12H2,(H,24,27)/t21-/m1/s1. The first-order chi connectivity index (χ1) is 14.0. The molecule has 0 aliphatic carbocycles. The monoisotopic (exact) mass is 414 g/mol. The van der Waals surface area contributed by atoms with Gasteiger partial charge in [0.25, 0.3) is 5.91 Å². The lowest BCUT2D eigenvalue weighted by molar-refractivity contribution is -0.128. The Kier molecular flexibility index (Phi) is 5.35. The molecule has 0 radical (unpaired) electrons. The zero-order valence-electron chi connectivity index (χ0n) is 15.1. The Bertz CT molecular complexity index is 1040. The van der Waals surface area contributed by atoms with Gasteiger partial charge in [-0.15, -0.1) is 11.8 Å². The van der Waals surface area contributed by atoms with E-state index in [-0.39, 0.29) is 17.0 Å². The maximum Gasteiger partial charge on any atom is 0.255 e. The number of furan rings is 1. The summed E-state index contributed by atoms with van der Waals surface area (Å²) >= 11 is 1.51. The molecule has 148 valence electrons. The van der Waals surface area contributed by atoms with Crippen LogP contribution in [0.25, 0.3) is 0 Å². The van der Waals surface area contributed by atoms with Crippen LogP contribution in [-0.4, -0.2) is 22.5 Å². The van der Waals surface area contributed by atoms with E-state index in [9.17, 15) is 18.4 Å². The molecule has 2 amide bonds. The molecule has 1 fully saturated rings. The lowest BCUT2D eigenvalue weighted by atomic mass is 10.1. The molecule has 5 nitrogen and oxygen atoms in total. The van der Waals surface area contributed by atoms with Gasteiger partial charge in [0.2, 0.25) is 5.91 Å². The van der Waals surface area contributed by atoms with Gasteiger partial charge in [0, 0.05) is 17.3 Å². The summed E-state index contributed by atoms with van der Waals surface area (Å²) in [5.74, 6) is -1.34. The zero-order valence-corrected chi connectivity index (χ0v) is 15.9. The van der Waals surface area contributed by atoms with E-state index in [0.29, 0.717) is 23.6 Å². The summed E-state index contributed by atoms with van der Waals surface area (Å²) in [4.78, 5) is 26.4. The third-order valence-electron chi connectivity index (χ3n) is 4.51. The number of hydrogen-bond acceptors (Lipinski definition) is 4. The fourth-order valence-electron chi connectivity index (χ4n) is 3.05. The van der Waals surface area contributed by atoms with Gasteiger partial charge in [0.15, 0.2) is 11.6 Å². The highest BCUT2D eigenvalue weighted by Gasteiger charge is 2.33. The number of carbonyl (C=O) groups is 2. The number of halogens is 2. The number of carbonyl (C=O) groups excluding carboxylic acids is 2. The van der Waals surface area contributed by atoms with Crippen LogP contribution in [0.4, 0.5) is 14.5 Å². The van der Waals surface area contributed by atoms with Gasteiger partial charge >= 0.3 is 0 Å². The van der Waals surface area contributed by atoms with Gasteiger partial charge in [-0.3, -0.25) is 9.59 Å². The molecule has 29 heavy (non-hydrogen) atoms. The summed E-state index contributed by atoms with van der Waals surface area (Å²) in [5.41, 5.74) is 1.42. The van der Waals surface area contributed by atoms with E-state index in [1.54, 1.807) is 41.5 Å². The van der Waals surface area contributed by atoms with Crippen molar-refractivity contribution in [3.05, 3.63) is 89.4 Å². The van der Waals surface area contributed by atoms with Crippen molar-refractivity contribution in [1.29, 1.82) is 0 Å². The normalized spacial score (nSPS) is 16.3. The minimum absolute atomic E-state index is 0.0246. The van der Waals surface area contributed by atoms with Gasteiger partial charge in [-0.1, -0.05) is 12.1 Å². The van der Waals surface area contributed by atoms with Crippen LogP contribution in [-0.2, 0) is 11.3 Å². The van der Waals surface area contributed by atoms with Gasteiger partial charge in [-0.2, -0.15) is 0 Å². The highest BCUT2D eigenvalue weighted by atomic mass is 32.2. The molecule has 0 saturated carbocycles. The molecule has 1 aromatic heterocycles. The Hall–Kier alpha value is -3.13. The van der Waals surface area contributed by atoms with Crippen LogP contribution in [0.1, 0.15) is 27.1 Å². The van der Waals surface area contributed by atoms with Crippen molar-refractivity contribution in [2.24, 2.45) is 0 Å². The Labute approximate surface area is 169 Å².